The SMILES string of the molecule is COc1ccccc1OC(=O)CSC(C)c1nc2ccccc2[nH]1. The Morgan fingerprint density at radius 1 is 1.17 bits per heavy atom. The molecule has 3 aromatic rings. The van der Waals surface area contributed by atoms with Gasteiger partial charge >= 0.3 is 5.97 Å². The number of aromatic nitrogens is 2. The van der Waals surface area contributed by atoms with Gasteiger partial charge in [-0.05, 0) is 31.2 Å². The van der Waals surface area contributed by atoms with Crippen LogP contribution in [0.3, 0.4) is 0 Å². The minimum atomic E-state index is -0.313. The molecule has 5 nitrogen and oxygen atoms in total. The molecule has 1 N–H and O–H groups in total. The second-order valence-corrected chi connectivity index (χ2v) is 6.55. The molecule has 1 atom stereocenters. The number of imidazole rings is 1. The molecule has 0 aliphatic rings. The van der Waals surface area contributed by atoms with Crippen molar-refractivity contribution in [1.29, 1.82) is 0 Å². The Balaban J connectivity index is 1.59. The highest BCUT2D eigenvalue weighted by molar-refractivity contribution is 8.00. The normalized spacial score (nSPS) is 12.1. The average molecular weight is 342 g/mol. The molecule has 0 saturated carbocycles. The predicted octanol–water partition coefficient (Wildman–Crippen LogP) is 3.97. The number of H-pyrrole nitrogens is 1. The lowest BCUT2D eigenvalue weighted by molar-refractivity contribution is -0.131. The number of thioether (sulfide) groups is 1. The van der Waals surface area contributed by atoms with Crippen LogP contribution in [0.4, 0.5) is 0 Å². The molecule has 0 fully saturated rings. The van der Waals surface area contributed by atoms with Crippen molar-refractivity contribution >= 4 is 28.8 Å². The summed E-state index contributed by atoms with van der Waals surface area (Å²) in [7, 11) is 1.55. The molecular weight excluding hydrogens is 324 g/mol. The van der Waals surface area contributed by atoms with Gasteiger partial charge in [0.2, 0.25) is 0 Å². The van der Waals surface area contributed by atoms with Gasteiger partial charge in [0.1, 0.15) is 5.82 Å². The molecular formula is C18H18N2O3S. The number of nitrogens with zero attached hydrogens (tertiary/aromatic N) is 1. The summed E-state index contributed by atoms with van der Waals surface area (Å²) in [5.41, 5.74) is 1.92. The maximum Gasteiger partial charge on any atom is 0.321 e. The maximum atomic E-state index is 12.1. The van der Waals surface area contributed by atoms with E-state index in [0.717, 1.165) is 16.9 Å². The summed E-state index contributed by atoms with van der Waals surface area (Å²) in [6.45, 7) is 2.01. The number of hydrogen-bond donors (Lipinski definition) is 1. The van der Waals surface area contributed by atoms with Gasteiger partial charge in [-0.3, -0.25) is 4.79 Å². The zero-order chi connectivity index (χ0) is 16.9. The molecule has 0 aliphatic carbocycles. The number of rotatable bonds is 6. The van der Waals surface area contributed by atoms with Crippen LogP contribution in [0.1, 0.15) is 18.0 Å². The van der Waals surface area contributed by atoms with E-state index in [-0.39, 0.29) is 17.0 Å². The van der Waals surface area contributed by atoms with E-state index in [0.29, 0.717) is 11.5 Å². The van der Waals surface area contributed by atoms with Crippen LogP contribution in [-0.4, -0.2) is 28.8 Å². The highest BCUT2D eigenvalue weighted by Gasteiger charge is 2.15. The average Bonchev–Trinajstić information content (AvgIpc) is 3.04. The molecule has 0 bridgehead atoms. The summed E-state index contributed by atoms with van der Waals surface area (Å²) in [5, 5.41) is 0.0580. The van der Waals surface area contributed by atoms with Crippen LogP contribution < -0.4 is 9.47 Å². The Hall–Kier alpha value is -2.47. The van der Waals surface area contributed by atoms with Gasteiger partial charge < -0.3 is 14.5 Å². The summed E-state index contributed by atoms with van der Waals surface area (Å²) in [6, 6.07) is 15.0. The second-order valence-electron chi connectivity index (χ2n) is 5.22. The molecule has 6 heteroatoms. The van der Waals surface area contributed by atoms with E-state index < -0.39 is 0 Å². The van der Waals surface area contributed by atoms with Crippen molar-refractivity contribution in [3.63, 3.8) is 0 Å². The van der Waals surface area contributed by atoms with E-state index in [1.807, 2.05) is 37.3 Å². The van der Waals surface area contributed by atoms with Gasteiger partial charge in [0.05, 0.1) is 29.1 Å². The first-order valence-corrected chi connectivity index (χ1v) is 8.62. The topological polar surface area (TPSA) is 64.2 Å². The quantitative estimate of drug-likeness (QED) is 0.542. The first-order chi connectivity index (χ1) is 11.7. The number of para-hydroxylation sites is 4. The van der Waals surface area contributed by atoms with Gasteiger partial charge in [0.15, 0.2) is 11.5 Å². The highest BCUT2D eigenvalue weighted by atomic mass is 32.2. The summed E-state index contributed by atoms with van der Waals surface area (Å²) < 4.78 is 10.5. The molecule has 1 unspecified atom stereocenters. The number of carbonyl (C=O) groups is 1. The maximum absolute atomic E-state index is 12.1. The van der Waals surface area contributed by atoms with Crippen LogP contribution in [-0.2, 0) is 4.79 Å². The molecule has 0 spiro atoms. The van der Waals surface area contributed by atoms with Crippen molar-refractivity contribution in [2.75, 3.05) is 12.9 Å². The van der Waals surface area contributed by atoms with Crippen molar-refractivity contribution in [2.45, 2.75) is 12.2 Å². The van der Waals surface area contributed by atoms with Crippen molar-refractivity contribution in [3.8, 4) is 11.5 Å². The zero-order valence-corrected chi connectivity index (χ0v) is 14.3. The van der Waals surface area contributed by atoms with E-state index in [4.69, 9.17) is 9.47 Å². The van der Waals surface area contributed by atoms with Crippen molar-refractivity contribution in [3.05, 3.63) is 54.4 Å². The van der Waals surface area contributed by atoms with Crippen LogP contribution in [0.5, 0.6) is 11.5 Å². The molecule has 2 aromatic carbocycles. The summed E-state index contributed by atoms with van der Waals surface area (Å²) in [4.78, 5) is 19.9. The van der Waals surface area contributed by atoms with Crippen LogP contribution in [0.15, 0.2) is 48.5 Å². The van der Waals surface area contributed by atoms with Gasteiger partial charge in [-0.25, -0.2) is 4.98 Å². The number of carbonyl (C=O) groups excluding carboxylic acids is 1. The number of fused-ring (bicyclic) bond motifs is 1. The molecule has 0 amide bonds. The van der Waals surface area contributed by atoms with Gasteiger partial charge in [-0.2, -0.15) is 0 Å². The largest absolute Gasteiger partial charge is 0.493 e. The molecule has 1 aromatic heterocycles. The Labute approximate surface area is 144 Å². The van der Waals surface area contributed by atoms with Crippen LogP contribution in [0.25, 0.3) is 11.0 Å². The number of nitrogens with one attached hydrogen (secondary N) is 1. The van der Waals surface area contributed by atoms with Crippen LogP contribution in [0, 0.1) is 0 Å². The third-order valence-corrected chi connectivity index (χ3v) is 4.66. The molecule has 1 heterocycles. The Morgan fingerprint density at radius 3 is 2.62 bits per heavy atom. The van der Waals surface area contributed by atoms with E-state index in [2.05, 4.69) is 9.97 Å². The van der Waals surface area contributed by atoms with Gasteiger partial charge in [-0.15, -0.1) is 11.8 Å². The standard InChI is InChI=1S/C18H18N2O3S/c1-12(18-19-13-7-3-4-8-14(13)20-18)24-11-17(21)23-16-10-6-5-9-15(16)22-2/h3-10,12H,11H2,1-2H3,(H,19,20). The Kier molecular flexibility index (Phi) is 5.05. The highest BCUT2D eigenvalue weighted by Crippen LogP contribution is 2.29. The van der Waals surface area contributed by atoms with Gasteiger partial charge in [-0.1, -0.05) is 24.3 Å². The molecule has 0 saturated heterocycles. The molecule has 124 valence electrons. The van der Waals surface area contributed by atoms with Gasteiger partial charge in [0, 0.05) is 0 Å². The third-order valence-electron chi connectivity index (χ3n) is 3.54. The monoisotopic (exact) mass is 342 g/mol. The zero-order valence-electron chi connectivity index (χ0n) is 13.5. The number of benzene rings is 2. The first kappa shape index (κ1) is 16.4. The van der Waals surface area contributed by atoms with Gasteiger partial charge in [0.25, 0.3) is 0 Å². The van der Waals surface area contributed by atoms with E-state index >= 15 is 0 Å². The fourth-order valence-corrected chi connectivity index (χ4v) is 3.01. The van der Waals surface area contributed by atoms with Crippen molar-refractivity contribution in [1.82, 2.24) is 9.97 Å². The predicted molar refractivity (Wildman–Crippen MR) is 95.6 cm³/mol. The Bertz CT molecular complexity index is 814. The fraction of sp³-hybridized carbons (Fsp3) is 0.222. The lowest BCUT2D eigenvalue weighted by Gasteiger charge is -2.10. The minimum absolute atomic E-state index is 0.0580. The number of methoxy groups -OCH3 is 1. The fourth-order valence-electron chi connectivity index (χ4n) is 2.29. The lowest BCUT2D eigenvalue weighted by Crippen LogP contribution is -2.12. The van der Waals surface area contributed by atoms with Crippen LogP contribution in [0.2, 0.25) is 0 Å². The minimum Gasteiger partial charge on any atom is -0.493 e. The molecule has 3 rings (SSSR count). The van der Waals surface area contributed by atoms with E-state index in [1.165, 1.54) is 11.8 Å². The lowest BCUT2D eigenvalue weighted by atomic mass is 10.3. The van der Waals surface area contributed by atoms with Crippen molar-refractivity contribution in [2.24, 2.45) is 0 Å². The third kappa shape index (κ3) is 3.71. The molecule has 24 heavy (non-hydrogen) atoms. The smallest absolute Gasteiger partial charge is 0.321 e. The summed E-state index contributed by atoms with van der Waals surface area (Å²) in [6.07, 6.45) is 0. The molecule has 0 radical (unpaired) electrons. The van der Waals surface area contributed by atoms with E-state index in [9.17, 15) is 4.79 Å². The summed E-state index contributed by atoms with van der Waals surface area (Å²) >= 11 is 1.48. The number of hydrogen-bond acceptors (Lipinski definition) is 5. The number of ether oxygens (including phenoxy) is 2. The number of esters is 1. The second kappa shape index (κ2) is 7.40. The van der Waals surface area contributed by atoms with Crippen molar-refractivity contribution < 1.29 is 14.3 Å². The van der Waals surface area contributed by atoms with Crippen LogP contribution >= 0.6 is 11.8 Å². The first-order valence-electron chi connectivity index (χ1n) is 7.57. The number of aromatic amines is 1. The van der Waals surface area contributed by atoms with E-state index in [1.54, 1.807) is 25.3 Å². The summed E-state index contributed by atoms with van der Waals surface area (Å²) in [5.74, 6) is 1.75. The Morgan fingerprint density at radius 2 is 1.88 bits per heavy atom. The molecule has 0 aliphatic heterocycles.